The summed E-state index contributed by atoms with van der Waals surface area (Å²) in [6.07, 6.45) is 1.44. The molecule has 1 N–H and O–H groups in total. The van der Waals surface area contributed by atoms with Gasteiger partial charge in [0.2, 0.25) is 5.91 Å². The molecule has 9 heteroatoms. The number of nitrogens with zero attached hydrogens (tertiary/aromatic N) is 3. The van der Waals surface area contributed by atoms with Crippen molar-refractivity contribution in [3.8, 4) is 0 Å². The molecule has 1 saturated heterocycles. The zero-order valence-electron chi connectivity index (χ0n) is 17.0. The largest absolute Gasteiger partial charge is 0.349 e. The van der Waals surface area contributed by atoms with Gasteiger partial charge in [0.25, 0.3) is 0 Å². The molecule has 29 heavy (non-hydrogen) atoms. The highest BCUT2D eigenvalue weighted by molar-refractivity contribution is 7.99. The van der Waals surface area contributed by atoms with Crippen molar-refractivity contribution >= 4 is 27.5 Å². The van der Waals surface area contributed by atoms with E-state index in [4.69, 9.17) is 0 Å². The van der Waals surface area contributed by atoms with E-state index in [2.05, 4.69) is 29.4 Å². The van der Waals surface area contributed by atoms with E-state index in [1.54, 1.807) is 0 Å². The number of thioether (sulfide) groups is 1. The molecule has 1 aromatic carbocycles. The molecule has 158 valence electrons. The molecular weight excluding hydrogens is 408 g/mol. The topological polar surface area (TPSA) is 94.0 Å². The number of sulfone groups is 1. The van der Waals surface area contributed by atoms with Gasteiger partial charge in [-0.2, -0.15) is 0 Å². The Morgan fingerprint density at radius 1 is 1.28 bits per heavy atom. The first-order valence-electron chi connectivity index (χ1n) is 9.82. The number of rotatable bonds is 8. The number of hydrogen-bond acceptors (Lipinski definition) is 6. The standard InChI is InChI=1S/C20H28N4O3S2/c1-14(2)11-17(15-7-5-4-6-8-15)21-18(25)12-28-20-23-22-19(24(20)3)16-9-10-29(26,27)13-16/h4-8,14,16-17H,9-13H2,1-3H3,(H,21,25). The Balaban J connectivity index is 1.60. The lowest BCUT2D eigenvalue weighted by Gasteiger charge is -2.21. The number of hydrogen-bond donors (Lipinski definition) is 1. The molecule has 2 unspecified atom stereocenters. The molecule has 1 aromatic heterocycles. The van der Waals surface area contributed by atoms with Crippen LogP contribution in [0, 0.1) is 5.92 Å². The highest BCUT2D eigenvalue weighted by Crippen LogP contribution is 2.29. The normalized spacial score (nSPS) is 19.4. The smallest absolute Gasteiger partial charge is 0.230 e. The molecule has 0 spiro atoms. The van der Waals surface area contributed by atoms with Crippen molar-refractivity contribution in [2.45, 2.75) is 43.8 Å². The summed E-state index contributed by atoms with van der Waals surface area (Å²) in [4.78, 5) is 12.6. The third-order valence-electron chi connectivity index (χ3n) is 5.04. The van der Waals surface area contributed by atoms with Crippen molar-refractivity contribution in [3.63, 3.8) is 0 Å². The van der Waals surface area contributed by atoms with Gasteiger partial charge in [-0.05, 0) is 24.3 Å². The molecule has 1 fully saturated rings. The molecule has 2 aromatic rings. The molecule has 7 nitrogen and oxygen atoms in total. The second kappa shape index (κ2) is 9.30. The molecular formula is C20H28N4O3S2. The van der Waals surface area contributed by atoms with Gasteiger partial charge in [0.05, 0.1) is 23.3 Å². The average molecular weight is 437 g/mol. The predicted octanol–water partition coefficient (Wildman–Crippen LogP) is 2.71. The molecule has 0 bridgehead atoms. The summed E-state index contributed by atoms with van der Waals surface area (Å²) in [5.74, 6) is 1.51. The van der Waals surface area contributed by atoms with Crippen LogP contribution in [0.1, 0.15) is 50.0 Å². The van der Waals surface area contributed by atoms with E-state index in [0.29, 0.717) is 23.3 Å². The third kappa shape index (κ3) is 5.82. The van der Waals surface area contributed by atoms with E-state index in [-0.39, 0.29) is 35.1 Å². The fourth-order valence-electron chi connectivity index (χ4n) is 3.61. The van der Waals surface area contributed by atoms with Crippen molar-refractivity contribution in [2.75, 3.05) is 17.3 Å². The fourth-order valence-corrected chi connectivity index (χ4v) is 6.08. The molecule has 2 heterocycles. The first-order valence-corrected chi connectivity index (χ1v) is 12.6. The Kier molecular flexibility index (Phi) is 7.00. The molecule has 3 rings (SSSR count). The summed E-state index contributed by atoms with van der Waals surface area (Å²) in [5.41, 5.74) is 1.10. The van der Waals surface area contributed by atoms with Crippen molar-refractivity contribution in [2.24, 2.45) is 13.0 Å². The second-order valence-electron chi connectivity index (χ2n) is 7.95. The summed E-state index contributed by atoms with van der Waals surface area (Å²) < 4.78 is 25.3. The lowest BCUT2D eigenvalue weighted by atomic mass is 9.97. The van der Waals surface area contributed by atoms with E-state index >= 15 is 0 Å². The minimum absolute atomic E-state index is 0.0250. The van der Waals surface area contributed by atoms with Gasteiger partial charge in [-0.15, -0.1) is 10.2 Å². The number of nitrogens with one attached hydrogen (secondary N) is 1. The van der Waals surface area contributed by atoms with Crippen LogP contribution in [0.25, 0.3) is 0 Å². The molecule has 0 radical (unpaired) electrons. The molecule has 1 aliphatic rings. The van der Waals surface area contributed by atoms with Gasteiger partial charge < -0.3 is 9.88 Å². The van der Waals surface area contributed by atoms with Gasteiger partial charge in [0.1, 0.15) is 5.82 Å². The van der Waals surface area contributed by atoms with Gasteiger partial charge in [0.15, 0.2) is 15.0 Å². The summed E-state index contributed by atoms with van der Waals surface area (Å²) in [6, 6.07) is 9.97. The van der Waals surface area contributed by atoms with Crippen LogP contribution in [0.5, 0.6) is 0 Å². The maximum Gasteiger partial charge on any atom is 0.230 e. The molecule has 1 aliphatic heterocycles. The Hall–Kier alpha value is -1.87. The minimum atomic E-state index is -2.98. The molecule has 0 aliphatic carbocycles. The van der Waals surface area contributed by atoms with Crippen LogP contribution >= 0.6 is 11.8 Å². The number of carbonyl (C=O) groups is 1. The summed E-state index contributed by atoms with van der Waals surface area (Å²) in [6.45, 7) is 4.28. The SMILES string of the molecule is CC(C)CC(NC(=O)CSc1nnc(C2CCS(=O)(=O)C2)n1C)c1ccccc1. The van der Waals surface area contributed by atoms with E-state index in [9.17, 15) is 13.2 Å². The zero-order chi connectivity index (χ0) is 21.0. The van der Waals surface area contributed by atoms with E-state index in [1.165, 1.54) is 11.8 Å². The van der Waals surface area contributed by atoms with Gasteiger partial charge in [-0.3, -0.25) is 4.79 Å². The van der Waals surface area contributed by atoms with Crippen molar-refractivity contribution in [3.05, 3.63) is 41.7 Å². The second-order valence-corrected chi connectivity index (χ2v) is 11.1. The predicted molar refractivity (Wildman–Crippen MR) is 115 cm³/mol. The maximum atomic E-state index is 12.6. The Labute approximate surface area is 176 Å². The van der Waals surface area contributed by atoms with E-state index in [1.807, 2.05) is 41.9 Å². The van der Waals surface area contributed by atoms with Crippen molar-refractivity contribution in [1.82, 2.24) is 20.1 Å². The van der Waals surface area contributed by atoms with Crippen molar-refractivity contribution < 1.29 is 13.2 Å². The maximum absolute atomic E-state index is 12.6. The van der Waals surface area contributed by atoms with Gasteiger partial charge in [0, 0.05) is 13.0 Å². The van der Waals surface area contributed by atoms with Crippen LogP contribution in [0.15, 0.2) is 35.5 Å². The Bertz CT molecular complexity index is 942. The summed E-state index contributed by atoms with van der Waals surface area (Å²) >= 11 is 1.32. The average Bonchev–Trinajstić information content (AvgIpc) is 3.21. The van der Waals surface area contributed by atoms with E-state index < -0.39 is 9.84 Å². The lowest BCUT2D eigenvalue weighted by molar-refractivity contribution is -0.119. The number of carbonyl (C=O) groups excluding carboxylic acids is 1. The van der Waals surface area contributed by atoms with Crippen LogP contribution in [0.4, 0.5) is 0 Å². The quantitative estimate of drug-likeness (QED) is 0.640. The summed E-state index contributed by atoms with van der Waals surface area (Å²) in [5, 5.41) is 12.1. The monoisotopic (exact) mass is 436 g/mol. The van der Waals surface area contributed by atoms with Crippen molar-refractivity contribution in [1.29, 1.82) is 0 Å². The molecule has 1 amide bonds. The number of benzene rings is 1. The molecule has 2 atom stereocenters. The Morgan fingerprint density at radius 3 is 2.62 bits per heavy atom. The summed E-state index contributed by atoms with van der Waals surface area (Å²) in [7, 11) is -1.15. The lowest BCUT2D eigenvalue weighted by Crippen LogP contribution is -2.31. The molecule has 0 saturated carbocycles. The third-order valence-corrected chi connectivity index (χ3v) is 7.83. The minimum Gasteiger partial charge on any atom is -0.349 e. The van der Waals surface area contributed by atoms with Gasteiger partial charge >= 0.3 is 0 Å². The van der Waals surface area contributed by atoms with Gasteiger partial charge in [-0.25, -0.2) is 8.42 Å². The van der Waals surface area contributed by atoms with Crippen LogP contribution < -0.4 is 5.32 Å². The first kappa shape index (κ1) is 21.8. The number of amides is 1. The van der Waals surface area contributed by atoms with Crippen LogP contribution in [-0.2, 0) is 21.7 Å². The van der Waals surface area contributed by atoms with Gasteiger partial charge in [-0.1, -0.05) is 55.9 Å². The first-order chi connectivity index (χ1) is 13.7. The Morgan fingerprint density at radius 2 is 2.00 bits per heavy atom. The highest BCUT2D eigenvalue weighted by Gasteiger charge is 2.32. The van der Waals surface area contributed by atoms with E-state index in [0.717, 1.165) is 12.0 Å². The number of aromatic nitrogens is 3. The fraction of sp³-hybridized carbons (Fsp3) is 0.550. The zero-order valence-corrected chi connectivity index (χ0v) is 18.7. The van der Waals surface area contributed by atoms with Crippen LogP contribution in [-0.4, -0.2) is 46.3 Å². The highest BCUT2D eigenvalue weighted by atomic mass is 32.2. The van der Waals surface area contributed by atoms with Crippen LogP contribution in [0.2, 0.25) is 0 Å². The van der Waals surface area contributed by atoms with Crippen LogP contribution in [0.3, 0.4) is 0 Å².